The largest absolute Gasteiger partial charge is 0.352 e. The van der Waals surface area contributed by atoms with Gasteiger partial charge in [-0.05, 0) is 54.8 Å². The molecule has 1 saturated carbocycles. The minimum atomic E-state index is -3.80. The van der Waals surface area contributed by atoms with Crippen LogP contribution in [0.5, 0.6) is 0 Å². The third kappa shape index (κ3) is 6.37. The number of benzene rings is 2. The summed E-state index contributed by atoms with van der Waals surface area (Å²) in [7, 11) is -3.80. The van der Waals surface area contributed by atoms with Gasteiger partial charge in [-0.1, -0.05) is 12.1 Å². The van der Waals surface area contributed by atoms with Gasteiger partial charge in [0.1, 0.15) is 5.82 Å². The van der Waals surface area contributed by atoms with E-state index >= 15 is 0 Å². The van der Waals surface area contributed by atoms with Crippen molar-refractivity contribution >= 4 is 27.5 Å². The maximum atomic E-state index is 12.9. The summed E-state index contributed by atoms with van der Waals surface area (Å²) in [6.07, 6.45) is 1.80. The highest BCUT2D eigenvalue weighted by molar-refractivity contribution is 7.89. The maximum absolute atomic E-state index is 12.9. The van der Waals surface area contributed by atoms with E-state index in [4.69, 9.17) is 0 Å². The Morgan fingerprint density at radius 2 is 1.79 bits per heavy atom. The molecule has 0 heterocycles. The molecule has 2 amide bonds. The van der Waals surface area contributed by atoms with Crippen molar-refractivity contribution in [3.63, 3.8) is 0 Å². The van der Waals surface area contributed by atoms with Crippen LogP contribution in [0, 0.1) is 11.7 Å². The average molecular weight is 419 g/mol. The van der Waals surface area contributed by atoms with Crippen molar-refractivity contribution in [3.8, 4) is 0 Å². The quantitative estimate of drug-likeness (QED) is 0.579. The molecule has 9 heteroatoms. The van der Waals surface area contributed by atoms with Gasteiger partial charge < -0.3 is 10.6 Å². The summed E-state index contributed by atoms with van der Waals surface area (Å²) < 4.78 is 39.4. The number of hydrogen-bond donors (Lipinski definition) is 3. The SMILES string of the molecule is O=C(CCNS(=O)(=O)c1ccc(F)cc1)NCc1cccc(NC(=O)C2CC2)c1. The Labute approximate surface area is 168 Å². The molecule has 1 fully saturated rings. The van der Waals surface area contributed by atoms with E-state index in [1.807, 2.05) is 6.07 Å². The van der Waals surface area contributed by atoms with Crippen LogP contribution in [0.3, 0.4) is 0 Å². The molecule has 0 aromatic heterocycles. The number of nitrogens with one attached hydrogen (secondary N) is 3. The minimum absolute atomic E-state index is 0.0135. The predicted molar refractivity (Wildman–Crippen MR) is 106 cm³/mol. The number of anilines is 1. The summed E-state index contributed by atoms with van der Waals surface area (Å²) in [4.78, 5) is 23.7. The van der Waals surface area contributed by atoms with Crippen LogP contribution in [0.1, 0.15) is 24.8 Å². The van der Waals surface area contributed by atoms with E-state index in [0.29, 0.717) is 5.69 Å². The molecule has 3 N–H and O–H groups in total. The first-order valence-electron chi connectivity index (χ1n) is 9.25. The summed E-state index contributed by atoms with van der Waals surface area (Å²) in [5, 5.41) is 5.56. The number of carbonyl (C=O) groups excluding carboxylic acids is 2. The van der Waals surface area contributed by atoms with Crippen molar-refractivity contribution < 1.29 is 22.4 Å². The van der Waals surface area contributed by atoms with Crippen molar-refractivity contribution in [3.05, 3.63) is 59.9 Å². The van der Waals surface area contributed by atoms with E-state index in [1.54, 1.807) is 18.2 Å². The Balaban J connectivity index is 1.43. The molecule has 0 unspecified atom stereocenters. The lowest BCUT2D eigenvalue weighted by Crippen LogP contribution is -2.30. The van der Waals surface area contributed by atoms with Crippen LogP contribution < -0.4 is 15.4 Å². The fourth-order valence-corrected chi connectivity index (χ4v) is 3.67. The summed E-state index contributed by atoms with van der Waals surface area (Å²) in [5.41, 5.74) is 1.50. The lowest BCUT2D eigenvalue weighted by molar-refractivity contribution is -0.121. The molecule has 3 rings (SSSR count). The third-order valence-electron chi connectivity index (χ3n) is 4.40. The Morgan fingerprint density at radius 3 is 2.48 bits per heavy atom. The normalized spacial score (nSPS) is 13.7. The lowest BCUT2D eigenvalue weighted by atomic mass is 10.2. The number of carbonyl (C=O) groups is 2. The zero-order chi connectivity index (χ0) is 20.9. The van der Waals surface area contributed by atoms with Crippen LogP contribution in [0.25, 0.3) is 0 Å². The van der Waals surface area contributed by atoms with Crippen molar-refractivity contribution in [2.24, 2.45) is 5.92 Å². The molecule has 0 bridgehead atoms. The van der Waals surface area contributed by atoms with Crippen LogP contribution in [-0.2, 0) is 26.2 Å². The maximum Gasteiger partial charge on any atom is 0.240 e. The van der Waals surface area contributed by atoms with Crippen molar-refractivity contribution in [2.75, 3.05) is 11.9 Å². The van der Waals surface area contributed by atoms with Crippen LogP contribution in [0.4, 0.5) is 10.1 Å². The van der Waals surface area contributed by atoms with Crippen LogP contribution >= 0.6 is 0 Å². The Hall–Kier alpha value is -2.78. The molecule has 1 aliphatic carbocycles. The molecule has 0 radical (unpaired) electrons. The van der Waals surface area contributed by atoms with Crippen LogP contribution in [0.15, 0.2) is 53.4 Å². The number of rotatable bonds is 9. The molecule has 0 saturated heterocycles. The second kappa shape index (κ2) is 9.15. The fraction of sp³-hybridized carbons (Fsp3) is 0.300. The third-order valence-corrected chi connectivity index (χ3v) is 5.88. The van der Waals surface area contributed by atoms with Gasteiger partial charge in [0.25, 0.3) is 0 Å². The van der Waals surface area contributed by atoms with E-state index in [1.165, 1.54) is 0 Å². The highest BCUT2D eigenvalue weighted by atomic mass is 32.2. The van der Waals surface area contributed by atoms with Crippen LogP contribution in [0.2, 0.25) is 0 Å². The molecule has 2 aromatic rings. The predicted octanol–water partition coefficient (Wildman–Crippen LogP) is 2.16. The average Bonchev–Trinajstić information content (AvgIpc) is 3.52. The summed E-state index contributed by atoms with van der Waals surface area (Å²) in [6.45, 7) is 0.180. The monoisotopic (exact) mass is 419 g/mol. The first-order chi connectivity index (χ1) is 13.8. The molecule has 0 atom stereocenters. The van der Waals surface area contributed by atoms with Gasteiger partial charge in [-0.3, -0.25) is 9.59 Å². The zero-order valence-corrected chi connectivity index (χ0v) is 16.5. The smallest absolute Gasteiger partial charge is 0.240 e. The molecular weight excluding hydrogens is 397 g/mol. The summed E-state index contributed by atoms with van der Waals surface area (Å²) >= 11 is 0. The summed E-state index contributed by atoms with van der Waals surface area (Å²) in [6, 6.07) is 11.6. The van der Waals surface area contributed by atoms with E-state index < -0.39 is 15.8 Å². The molecule has 0 spiro atoms. The van der Waals surface area contributed by atoms with Gasteiger partial charge in [-0.15, -0.1) is 0 Å². The molecule has 7 nitrogen and oxygen atoms in total. The van der Waals surface area contributed by atoms with Gasteiger partial charge in [0.05, 0.1) is 4.90 Å². The fourth-order valence-electron chi connectivity index (χ4n) is 2.63. The highest BCUT2D eigenvalue weighted by Crippen LogP contribution is 2.30. The van der Waals surface area contributed by atoms with Crippen molar-refractivity contribution in [1.29, 1.82) is 0 Å². The van der Waals surface area contributed by atoms with Gasteiger partial charge in [0, 0.05) is 31.1 Å². The first kappa shape index (κ1) is 20.9. The standard InChI is InChI=1S/C20H22FN3O4S/c21-16-6-8-18(9-7-16)29(27,28)23-11-10-19(25)22-13-14-2-1-3-17(12-14)24-20(26)15-4-5-15/h1-3,6-9,12,15,23H,4-5,10-11,13H2,(H,22,25)(H,24,26). The van der Waals surface area contributed by atoms with Gasteiger partial charge in [0.2, 0.25) is 21.8 Å². The van der Waals surface area contributed by atoms with Gasteiger partial charge in [0.15, 0.2) is 0 Å². The molecular formula is C20H22FN3O4S. The van der Waals surface area contributed by atoms with E-state index in [-0.39, 0.29) is 42.1 Å². The van der Waals surface area contributed by atoms with Gasteiger partial charge >= 0.3 is 0 Å². The van der Waals surface area contributed by atoms with Gasteiger partial charge in [-0.25, -0.2) is 17.5 Å². The van der Waals surface area contributed by atoms with Crippen molar-refractivity contribution in [2.45, 2.75) is 30.7 Å². The number of halogens is 1. The number of amides is 2. The Bertz CT molecular complexity index is 989. The topological polar surface area (TPSA) is 104 Å². The van der Waals surface area contributed by atoms with Crippen molar-refractivity contribution in [1.82, 2.24) is 10.0 Å². The molecule has 0 aliphatic heterocycles. The number of sulfonamides is 1. The summed E-state index contributed by atoms with van der Waals surface area (Å²) in [5.74, 6) is -0.726. The van der Waals surface area contributed by atoms with E-state index in [2.05, 4.69) is 15.4 Å². The van der Waals surface area contributed by atoms with E-state index in [0.717, 1.165) is 42.7 Å². The molecule has 154 valence electrons. The second-order valence-corrected chi connectivity index (χ2v) is 8.61. The Kier molecular flexibility index (Phi) is 6.60. The zero-order valence-electron chi connectivity index (χ0n) is 15.7. The minimum Gasteiger partial charge on any atom is -0.352 e. The Morgan fingerprint density at radius 1 is 1.07 bits per heavy atom. The van der Waals surface area contributed by atoms with E-state index in [9.17, 15) is 22.4 Å². The van der Waals surface area contributed by atoms with Crippen LogP contribution in [-0.4, -0.2) is 26.8 Å². The highest BCUT2D eigenvalue weighted by Gasteiger charge is 2.29. The molecule has 29 heavy (non-hydrogen) atoms. The number of hydrogen-bond acceptors (Lipinski definition) is 4. The second-order valence-electron chi connectivity index (χ2n) is 6.84. The lowest BCUT2D eigenvalue weighted by Gasteiger charge is -2.09. The molecule has 1 aliphatic rings. The first-order valence-corrected chi connectivity index (χ1v) is 10.7. The molecule has 2 aromatic carbocycles. The van der Waals surface area contributed by atoms with Gasteiger partial charge in [-0.2, -0.15) is 0 Å².